The first kappa shape index (κ1) is 16.6. The Morgan fingerprint density at radius 1 is 1.38 bits per heavy atom. The van der Waals surface area contributed by atoms with Gasteiger partial charge in [0.15, 0.2) is 0 Å². The second kappa shape index (κ2) is 6.72. The van der Waals surface area contributed by atoms with Gasteiger partial charge in [0.1, 0.15) is 23.2 Å². The fourth-order valence-electron chi connectivity index (χ4n) is 2.44. The molecule has 0 bridgehead atoms. The molecule has 2 aromatic rings. The smallest absolute Gasteiger partial charge is 0.266 e. The van der Waals surface area contributed by atoms with Gasteiger partial charge in [0.05, 0.1) is 10.7 Å². The third kappa shape index (κ3) is 3.64. The van der Waals surface area contributed by atoms with E-state index in [0.717, 1.165) is 12.2 Å². The third-order valence-electron chi connectivity index (χ3n) is 3.95. The summed E-state index contributed by atoms with van der Waals surface area (Å²) in [5.74, 6) is 1.89. The lowest BCUT2D eigenvalue weighted by atomic mass is 10.2. The quantitative estimate of drug-likeness (QED) is 0.597. The summed E-state index contributed by atoms with van der Waals surface area (Å²) in [7, 11) is 0. The summed E-state index contributed by atoms with van der Waals surface area (Å²) in [6, 6.07) is 10.2. The number of hydrogen-bond acceptors (Lipinski definition) is 3. The Balaban J connectivity index is 1.76. The first-order chi connectivity index (χ1) is 11.5. The van der Waals surface area contributed by atoms with Gasteiger partial charge < -0.3 is 9.73 Å². The number of furan rings is 1. The highest BCUT2D eigenvalue weighted by Crippen LogP contribution is 2.47. The molecule has 1 heterocycles. The van der Waals surface area contributed by atoms with E-state index in [-0.39, 0.29) is 5.57 Å². The maximum Gasteiger partial charge on any atom is 0.266 e. The van der Waals surface area contributed by atoms with Crippen molar-refractivity contribution in [3.8, 4) is 6.07 Å². The molecular weight excluding hydrogens is 347 g/mol. The summed E-state index contributed by atoms with van der Waals surface area (Å²) in [6.45, 7) is 2.16. The van der Waals surface area contributed by atoms with Gasteiger partial charge in [-0.05, 0) is 42.7 Å². The minimum absolute atomic E-state index is 0.0641. The number of anilines is 1. The second-order valence-corrected chi connectivity index (χ2v) is 6.65. The molecule has 24 heavy (non-hydrogen) atoms. The van der Waals surface area contributed by atoms with Crippen molar-refractivity contribution in [2.45, 2.75) is 19.3 Å². The molecule has 3 rings (SSSR count). The first-order valence-electron chi connectivity index (χ1n) is 7.46. The lowest BCUT2D eigenvalue weighted by Crippen LogP contribution is -2.13. The predicted octanol–water partition coefficient (Wildman–Crippen LogP) is 5.26. The predicted molar refractivity (Wildman–Crippen MR) is 93.9 cm³/mol. The monoisotopic (exact) mass is 360 g/mol. The fraction of sp³-hybridized carbons (Fsp3) is 0.222. The van der Waals surface area contributed by atoms with E-state index in [1.807, 2.05) is 12.1 Å². The molecule has 0 saturated heterocycles. The maximum absolute atomic E-state index is 12.3. The van der Waals surface area contributed by atoms with Gasteiger partial charge >= 0.3 is 0 Å². The molecule has 4 nitrogen and oxygen atoms in total. The topological polar surface area (TPSA) is 66.0 Å². The number of benzene rings is 1. The number of hydrogen-bond donors (Lipinski definition) is 1. The van der Waals surface area contributed by atoms with E-state index in [0.29, 0.717) is 33.3 Å². The van der Waals surface area contributed by atoms with E-state index in [4.69, 9.17) is 27.6 Å². The van der Waals surface area contributed by atoms with Crippen LogP contribution in [0.4, 0.5) is 5.69 Å². The molecule has 1 aromatic heterocycles. The van der Waals surface area contributed by atoms with Crippen molar-refractivity contribution in [1.82, 2.24) is 0 Å². The van der Waals surface area contributed by atoms with Crippen LogP contribution in [0.25, 0.3) is 6.08 Å². The van der Waals surface area contributed by atoms with E-state index >= 15 is 0 Å². The van der Waals surface area contributed by atoms with Gasteiger partial charge in [0.2, 0.25) is 0 Å². The third-order valence-corrected chi connectivity index (χ3v) is 4.50. The minimum Gasteiger partial charge on any atom is -0.461 e. The standard InChI is InChI=1S/C18H14Cl2N2O2/c1-10-6-14(10)17-5-3-13(24-17)7-11(9-21)18(23)22-16-4-2-12(19)8-15(16)20/h2-5,7-8,10,14H,6H2,1H3,(H,22,23). The number of nitrogens with one attached hydrogen (secondary N) is 1. The Labute approximate surface area is 149 Å². The van der Waals surface area contributed by atoms with Crippen LogP contribution in [-0.2, 0) is 4.79 Å². The SMILES string of the molecule is CC1CC1c1ccc(C=C(C#N)C(=O)Nc2ccc(Cl)cc2Cl)o1. The Kier molecular flexibility index (Phi) is 4.66. The highest BCUT2D eigenvalue weighted by Gasteiger charge is 2.36. The number of carbonyl (C=O) groups excluding carboxylic acids is 1. The number of nitrogens with zero attached hydrogens (tertiary/aromatic N) is 1. The number of halogens is 2. The fourth-order valence-corrected chi connectivity index (χ4v) is 2.89. The lowest BCUT2D eigenvalue weighted by Gasteiger charge is -2.06. The molecule has 1 aliphatic rings. The van der Waals surface area contributed by atoms with Crippen LogP contribution in [0.5, 0.6) is 0 Å². The molecule has 2 unspecified atom stereocenters. The molecule has 1 aromatic carbocycles. The van der Waals surface area contributed by atoms with E-state index < -0.39 is 5.91 Å². The van der Waals surface area contributed by atoms with Crippen LogP contribution in [0.1, 0.15) is 30.8 Å². The van der Waals surface area contributed by atoms with E-state index in [2.05, 4.69) is 12.2 Å². The van der Waals surface area contributed by atoms with Gasteiger partial charge in [0.25, 0.3) is 5.91 Å². The van der Waals surface area contributed by atoms with Crippen LogP contribution in [0.15, 0.2) is 40.3 Å². The molecule has 0 aliphatic heterocycles. The molecule has 2 atom stereocenters. The minimum atomic E-state index is -0.556. The molecule has 1 aliphatic carbocycles. The van der Waals surface area contributed by atoms with Crippen molar-refractivity contribution in [3.05, 3.63) is 57.5 Å². The van der Waals surface area contributed by atoms with Crippen LogP contribution >= 0.6 is 23.2 Å². The Morgan fingerprint density at radius 2 is 2.12 bits per heavy atom. The summed E-state index contributed by atoms with van der Waals surface area (Å²) in [4.78, 5) is 12.3. The molecule has 122 valence electrons. The van der Waals surface area contributed by atoms with Crippen molar-refractivity contribution in [1.29, 1.82) is 5.26 Å². The van der Waals surface area contributed by atoms with Gasteiger partial charge in [-0.1, -0.05) is 30.1 Å². The molecule has 1 amide bonds. The number of carbonyl (C=O) groups is 1. The van der Waals surface area contributed by atoms with Gasteiger partial charge in [-0.25, -0.2) is 0 Å². The summed E-state index contributed by atoms with van der Waals surface area (Å²) < 4.78 is 5.70. The zero-order chi connectivity index (χ0) is 17.3. The molecule has 6 heteroatoms. The Morgan fingerprint density at radius 3 is 2.75 bits per heavy atom. The van der Waals surface area contributed by atoms with Gasteiger partial charge in [-0.3, -0.25) is 4.79 Å². The average molecular weight is 361 g/mol. The number of rotatable bonds is 4. The van der Waals surface area contributed by atoms with Crippen molar-refractivity contribution >= 4 is 40.9 Å². The van der Waals surface area contributed by atoms with Crippen LogP contribution in [-0.4, -0.2) is 5.91 Å². The molecule has 1 saturated carbocycles. The maximum atomic E-state index is 12.3. The van der Waals surface area contributed by atoms with Gasteiger partial charge in [-0.15, -0.1) is 0 Å². The largest absolute Gasteiger partial charge is 0.461 e. The van der Waals surface area contributed by atoms with E-state index in [9.17, 15) is 10.1 Å². The summed E-state index contributed by atoms with van der Waals surface area (Å²) in [5.41, 5.74) is 0.324. The highest BCUT2D eigenvalue weighted by molar-refractivity contribution is 6.36. The van der Waals surface area contributed by atoms with Gasteiger partial charge in [0, 0.05) is 17.0 Å². The number of amides is 1. The Hall–Kier alpha value is -2.22. The lowest BCUT2D eigenvalue weighted by molar-refractivity contribution is -0.112. The summed E-state index contributed by atoms with van der Waals surface area (Å²) in [6.07, 6.45) is 2.53. The molecule has 1 N–H and O–H groups in total. The van der Waals surface area contributed by atoms with Crippen molar-refractivity contribution < 1.29 is 9.21 Å². The Bertz CT molecular complexity index is 864. The average Bonchev–Trinajstić information content (AvgIpc) is 3.09. The zero-order valence-electron chi connectivity index (χ0n) is 12.8. The second-order valence-electron chi connectivity index (χ2n) is 5.81. The normalized spacial score (nSPS) is 19.7. The summed E-state index contributed by atoms with van der Waals surface area (Å²) >= 11 is 11.8. The van der Waals surface area contributed by atoms with Crippen LogP contribution < -0.4 is 5.32 Å². The van der Waals surface area contributed by atoms with Crippen LogP contribution in [0, 0.1) is 17.2 Å². The van der Waals surface area contributed by atoms with Crippen molar-refractivity contribution in [2.75, 3.05) is 5.32 Å². The van der Waals surface area contributed by atoms with Crippen molar-refractivity contribution in [2.24, 2.45) is 5.92 Å². The molecule has 0 radical (unpaired) electrons. The van der Waals surface area contributed by atoms with Crippen LogP contribution in [0.2, 0.25) is 10.0 Å². The highest BCUT2D eigenvalue weighted by atomic mass is 35.5. The molecule has 0 spiro atoms. The van der Waals surface area contributed by atoms with Crippen LogP contribution in [0.3, 0.4) is 0 Å². The van der Waals surface area contributed by atoms with Crippen molar-refractivity contribution in [3.63, 3.8) is 0 Å². The first-order valence-corrected chi connectivity index (χ1v) is 8.21. The summed E-state index contributed by atoms with van der Waals surface area (Å²) in [5, 5.41) is 12.6. The van der Waals surface area contributed by atoms with E-state index in [1.165, 1.54) is 12.1 Å². The molecular formula is C18H14Cl2N2O2. The molecule has 1 fully saturated rings. The number of nitriles is 1. The van der Waals surface area contributed by atoms with E-state index in [1.54, 1.807) is 18.2 Å². The van der Waals surface area contributed by atoms with Gasteiger partial charge in [-0.2, -0.15) is 5.26 Å². The zero-order valence-corrected chi connectivity index (χ0v) is 14.4.